The van der Waals surface area contributed by atoms with Crippen molar-refractivity contribution in [1.29, 1.82) is 0 Å². The Hall–Kier alpha value is -1.62. The maximum atomic E-state index is 12.5. The molecule has 132 valence electrons. The summed E-state index contributed by atoms with van der Waals surface area (Å²) in [5.74, 6) is 1.14. The summed E-state index contributed by atoms with van der Waals surface area (Å²) in [6, 6.07) is 3.79. The minimum absolute atomic E-state index is 0.0480. The highest BCUT2D eigenvalue weighted by Crippen LogP contribution is 2.38. The molecule has 1 N–H and O–H groups in total. The van der Waals surface area contributed by atoms with Crippen LogP contribution in [0.4, 0.5) is 0 Å². The van der Waals surface area contributed by atoms with Gasteiger partial charge in [0.1, 0.15) is 6.10 Å². The standard InChI is InChI=1S/C19H28N2O3/c1-13-8-15(10-19(2,3)9-13)21-18(22)14-4-5-17(20-11-14)24-16-6-7-23-12-16/h4-5,11,13,15-16H,6-10,12H2,1-3H3,(H,21,22). The summed E-state index contributed by atoms with van der Waals surface area (Å²) in [7, 11) is 0. The molecule has 5 nitrogen and oxygen atoms in total. The molecular formula is C19H28N2O3. The predicted octanol–water partition coefficient (Wildman–Crippen LogP) is 3.19. The van der Waals surface area contributed by atoms with Gasteiger partial charge in [0.05, 0.1) is 18.8 Å². The van der Waals surface area contributed by atoms with Gasteiger partial charge in [-0.1, -0.05) is 20.8 Å². The molecule has 0 aromatic carbocycles. The summed E-state index contributed by atoms with van der Waals surface area (Å²) in [6.45, 7) is 8.17. The van der Waals surface area contributed by atoms with E-state index in [2.05, 4.69) is 31.1 Å². The van der Waals surface area contributed by atoms with Crippen LogP contribution in [0.2, 0.25) is 0 Å². The van der Waals surface area contributed by atoms with Gasteiger partial charge in [0.25, 0.3) is 5.91 Å². The third-order valence-electron chi connectivity index (χ3n) is 4.90. The van der Waals surface area contributed by atoms with Crippen LogP contribution in [0.3, 0.4) is 0 Å². The number of amides is 1. The fourth-order valence-corrected chi connectivity index (χ4v) is 4.09. The van der Waals surface area contributed by atoms with E-state index in [1.165, 1.54) is 6.42 Å². The Kier molecular flexibility index (Phi) is 5.09. The van der Waals surface area contributed by atoms with Crippen molar-refractivity contribution in [3.8, 4) is 5.88 Å². The average Bonchev–Trinajstić information content (AvgIpc) is 2.98. The largest absolute Gasteiger partial charge is 0.472 e. The van der Waals surface area contributed by atoms with Gasteiger partial charge in [-0.05, 0) is 36.7 Å². The highest BCUT2D eigenvalue weighted by Gasteiger charge is 2.32. The van der Waals surface area contributed by atoms with Crippen LogP contribution in [0.5, 0.6) is 5.88 Å². The Morgan fingerprint density at radius 1 is 1.38 bits per heavy atom. The fraction of sp³-hybridized carbons (Fsp3) is 0.684. The second-order valence-electron chi connectivity index (χ2n) is 8.07. The van der Waals surface area contributed by atoms with Gasteiger partial charge in [0, 0.05) is 24.7 Å². The lowest BCUT2D eigenvalue weighted by molar-refractivity contribution is 0.0873. The molecule has 2 heterocycles. The summed E-state index contributed by atoms with van der Waals surface area (Å²) in [5.41, 5.74) is 0.871. The van der Waals surface area contributed by atoms with Gasteiger partial charge >= 0.3 is 0 Å². The molecule has 2 fully saturated rings. The normalized spacial score (nSPS) is 29.2. The van der Waals surface area contributed by atoms with Gasteiger partial charge in [0.15, 0.2) is 0 Å². The van der Waals surface area contributed by atoms with Gasteiger partial charge < -0.3 is 14.8 Å². The molecule has 1 saturated carbocycles. The van der Waals surface area contributed by atoms with E-state index in [0.29, 0.717) is 24.0 Å². The Bertz CT molecular complexity index is 564. The van der Waals surface area contributed by atoms with Crippen LogP contribution in [-0.4, -0.2) is 36.3 Å². The number of rotatable bonds is 4. The minimum atomic E-state index is -0.0480. The molecule has 1 aromatic heterocycles. The second-order valence-corrected chi connectivity index (χ2v) is 8.07. The third kappa shape index (κ3) is 4.47. The number of nitrogens with one attached hydrogen (secondary N) is 1. The molecule has 1 amide bonds. The van der Waals surface area contributed by atoms with Crippen molar-refractivity contribution in [2.24, 2.45) is 11.3 Å². The SMILES string of the molecule is CC1CC(NC(=O)c2ccc(OC3CCOC3)nc2)CC(C)(C)C1. The van der Waals surface area contributed by atoms with Crippen molar-refractivity contribution in [3.63, 3.8) is 0 Å². The zero-order valence-corrected chi connectivity index (χ0v) is 14.9. The lowest BCUT2D eigenvalue weighted by Crippen LogP contribution is -2.43. The Labute approximate surface area is 144 Å². The third-order valence-corrected chi connectivity index (χ3v) is 4.90. The molecule has 5 heteroatoms. The number of nitrogens with zero attached hydrogens (tertiary/aromatic N) is 1. The Balaban J connectivity index is 1.56. The molecule has 1 saturated heterocycles. The summed E-state index contributed by atoms with van der Waals surface area (Å²) >= 11 is 0. The van der Waals surface area contributed by atoms with E-state index >= 15 is 0 Å². The molecule has 1 aliphatic heterocycles. The van der Waals surface area contributed by atoms with Crippen LogP contribution in [0.15, 0.2) is 18.3 Å². The van der Waals surface area contributed by atoms with Crippen molar-refractivity contribution in [2.75, 3.05) is 13.2 Å². The predicted molar refractivity (Wildman–Crippen MR) is 92.1 cm³/mol. The number of pyridine rings is 1. The molecule has 3 atom stereocenters. The van der Waals surface area contributed by atoms with Crippen LogP contribution >= 0.6 is 0 Å². The monoisotopic (exact) mass is 332 g/mol. The molecule has 24 heavy (non-hydrogen) atoms. The number of aromatic nitrogens is 1. The lowest BCUT2D eigenvalue weighted by Gasteiger charge is -2.39. The summed E-state index contributed by atoms with van der Waals surface area (Å²) in [6.07, 6.45) is 5.85. The van der Waals surface area contributed by atoms with E-state index in [-0.39, 0.29) is 23.5 Å². The number of carbonyl (C=O) groups is 1. The van der Waals surface area contributed by atoms with Crippen molar-refractivity contribution in [2.45, 2.75) is 58.6 Å². The van der Waals surface area contributed by atoms with Gasteiger partial charge in [-0.15, -0.1) is 0 Å². The van der Waals surface area contributed by atoms with E-state index in [0.717, 1.165) is 25.9 Å². The Morgan fingerprint density at radius 3 is 2.83 bits per heavy atom. The lowest BCUT2D eigenvalue weighted by atomic mass is 9.70. The minimum Gasteiger partial charge on any atom is -0.472 e. The molecule has 1 aromatic rings. The first-order valence-corrected chi connectivity index (χ1v) is 8.93. The first-order valence-electron chi connectivity index (χ1n) is 8.93. The number of hydrogen-bond donors (Lipinski definition) is 1. The van der Waals surface area contributed by atoms with Crippen LogP contribution < -0.4 is 10.1 Å². The highest BCUT2D eigenvalue weighted by molar-refractivity contribution is 5.94. The topological polar surface area (TPSA) is 60.5 Å². The van der Waals surface area contributed by atoms with Crippen LogP contribution in [0.25, 0.3) is 0 Å². The molecule has 2 aliphatic rings. The van der Waals surface area contributed by atoms with Crippen LogP contribution in [-0.2, 0) is 4.74 Å². The number of ether oxygens (including phenoxy) is 2. The van der Waals surface area contributed by atoms with E-state index in [1.54, 1.807) is 18.3 Å². The van der Waals surface area contributed by atoms with Crippen molar-refractivity contribution < 1.29 is 14.3 Å². The Morgan fingerprint density at radius 2 is 2.21 bits per heavy atom. The molecule has 0 bridgehead atoms. The number of hydrogen-bond acceptors (Lipinski definition) is 4. The molecule has 0 spiro atoms. The smallest absolute Gasteiger partial charge is 0.253 e. The second kappa shape index (κ2) is 7.09. The maximum absolute atomic E-state index is 12.5. The van der Waals surface area contributed by atoms with Crippen molar-refractivity contribution >= 4 is 5.91 Å². The molecule has 1 aliphatic carbocycles. The molecule has 0 radical (unpaired) electrons. The van der Waals surface area contributed by atoms with E-state index < -0.39 is 0 Å². The molecular weight excluding hydrogens is 304 g/mol. The zero-order chi connectivity index (χ0) is 17.2. The molecule has 3 unspecified atom stereocenters. The van der Waals surface area contributed by atoms with Crippen LogP contribution in [0.1, 0.15) is 56.8 Å². The first kappa shape index (κ1) is 17.2. The van der Waals surface area contributed by atoms with Gasteiger partial charge in [-0.25, -0.2) is 4.98 Å². The molecule has 3 rings (SSSR count). The summed E-state index contributed by atoms with van der Waals surface area (Å²) in [4.78, 5) is 16.7. The quantitative estimate of drug-likeness (QED) is 0.920. The maximum Gasteiger partial charge on any atom is 0.253 e. The van der Waals surface area contributed by atoms with E-state index in [4.69, 9.17) is 9.47 Å². The van der Waals surface area contributed by atoms with Crippen LogP contribution in [0, 0.1) is 11.3 Å². The average molecular weight is 332 g/mol. The van der Waals surface area contributed by atoms with Gasteiger partial charge in [-0.2, -0.15) is 0 Å². The first-order chi connectivity index (χ1) is 11.4. The summed E-state index contributed by atoms with van der Waals surface area (Å²) in [5, 5.41) is 3.17. The van der Waals surface area contributed by atoms with E-state index in [9.17, 15) is 4.79 Å². The summed E-state index contributed by atoms with van der Waals surface area (Å²) < 4.78 is 11.0. The van der Waals surface area contributed by atoms with E-state index in [1.807, 2.05) is 0 Å². The van der Waals surface area contributed by atoms with Crippen molar-refractivity contribution in [3.05, 3.63) is 23.9 Å². The van der Waals surface area contributed by atoms with Crippen molar-refractivity contribution in [1.82, 2.24) is 10.3 Å². The van der Waals surface area contributed by atoms with Gasteiger partial charge in [0.2, 0.25) is 5.88 Å². The highest BCUT2D eigenvalue weighted by atomic mass is 16.5. The fourth-order valence-electron chi connectivity index (χ4n) is 4.09. The zero-order valence-electron chi connectivity index (χ0n) is 14.9. The number of carbonyl (C=O) groups excluding carboxylic acids is 1. The van der Waals surface area contributed by atoms with Gasteiger partial charge in [-0.3, -0.25) is 4.79 Å².